The van der Waals surface area contributed by atoms with Gasteiger partial charge in [-0.1, -0.05) is 49.1 Å². The molecule has 4 nitrogen and oxygen atoms in total. The van der Waals surface area contributed by atoms with E-state index < -0.39 is 24.6 Å². The van der Waals surface area contributed by atoms with Gasteiger partial charge in [0, 0.05) is 0 Å². The van der Waals surface area contributed by atoms with E-state index in [4.69, 9.17) is 0 Å². The van der Waals surface area contributed by atoms with Crippen LogP contribution in [-0.2, 0) is 19.7 Å². The predicted molar refractivity (Wildman–Crippen MR) is 90.2 cm³/mol. The van der Waals surface area contributed by atoms with E-state index in [1.807, 2.05) is 0 Å². The number of sulfone groups is 2. The molecule has 0 bridgehead atoms. The zero-order valence-corrected chi connectivity index (χ0v) is 14.1. The molecule has 0 N–H and O–H groups in total. The Kier molecular flexibility index (Phi) is 4.87. The highest BCUT2D eigenvalue weighted by Gasteiger charge is 2.30. The lowest BCUT2D eigenvalue weighted by atomic mass is 10.4. The van der Waals surface area contributed by atoms with Crippen LogP contribution in [0.25, 0.3) is 0 Å². The zero-order chi connectivity index (χ0) is 17.1. The maximum absolute atomic E-state index is 12.7. The van der Waals surface area contributed by atoms with Gasteiger partial charge in [-0.3, -0.25) is 0 Å². The Morgan fingerprint density at radius 3 is 1.57 bits per heavy atom. The molecule has 6 heteroatoms. The summed E-state index contributed by atoms with van der Waals surface area (Å²) in [4.78, 5) is -0.715. The fraction of sp³-hybridized carbons (Fsp3) is 0.0588. The average molecular weight is 348 g/mol. The van der Waals surface area contributed by atoms with Gasteiger partial charge in [0.05, 0.1) is 19.6 Å². The molecule has 120 valence electrons. The Hall–Kier alpha value is -2.18. The lowest BCUT2D eigenvalue weighted by Crippen LogP contribution is -2.13. The molecule has 2 aromatic carbocycles. The number of rotatable bonds is 5. The second kappa shape index (κ2) is 6.52. The number of hydrogen-bond acceptors (Lipinski definition) is 4. The van der Waals surface area contributed by atoms with Crippen LogP contribution in [0, 0.1) is 0 Å². The number of hydrogen-bond donors (Lipinski definition) is 0. The van der Waals surface area contributed by atoms with E-state index in [-0.39, 0.29) is 14.7 Å². The first-order chi connectivity index (χ1) is 10.8. The van der Waals surface area contributed by atoms with Gasteiger partial charge in [0.25, 0.3) is 0 Å². The van der Waals surface area contributed by atoms with Crippen molar-refractivity contribution in [3.05, 3.63) is 83.1 Å². The third kappa shape index (κ3) is 3.28. The fourth-order valence-corrected chi connectivity index (χ4v) is 5.29. The minimum Gasteiger partial charge on any atom is -0.218 e. The van der Waals surface area contributed by atoms with Crippen LogP contribution >= 0.6 is 0 Å². The molecule has 0 atom stereocenters. The first kappa shape index (κ1) is 17.2. The largest absolute Gasteiger partial charge is 0.218 e. The first-order valence-electron chi connectivity index (χ1n) is 6.77. The van der Waals surface area contributed by atoms with Crippen molar-refractivity contribution in [1.82, 2.24) is 0 Å². The molecule has 2 aromatic rings. The minimum atomic E-state index is -3.98. The van der Waals surface area contributed by atoms with Gasteiger partial charge in [0.2, 0.25) is 19.7 Å². The van der Waals surface area contributed by atoms with E-state index in [0.29, 0.717) is 0 Å². The fourth-order valence-electron chi connectivity index (χ4n) is 2.07. The Balaban J connectivity index is 2.53. The maximum atomic E-state index is 12.7. The van der Waals surface area contributed by atoms with Gasteiger partial charge in [-0.15, -0.1) is 0 Å². The minimum absolute atomic E-state index is 0.00705. The Bertz CT molecular complexity index is 940. The molecular weight excluding hydrogens is 332 g/mol. The van der Waals surface area contributed by atoms with Crippen LogP contribution in [0.4, 0.5) is 0 Å². The highest BCUT2D eigenvalue weighted by atomic mass is 32.2. The molecule has 0 radical (unpaired) electrons. The predicted octanol–water partition coefficient (Wildman–Crippen LogP) is 3.35. The molecule has 0 amide bonds. The smallest absolute Gasteiger partial charge is 0.207 e. The molecule has 0 spiro atoms. The summed E-state index contributed by atoms with van der Waals surface area (Å²) in [5.74, 6) is 0. The summed E-state index contributed by atoms with van der Waals surface area (Å²) in [5.41, 5.74) is 0. The van der Waals surface area contributed by atoms with Gasteiger partial charge in [0.15, 0.2) is 0 Å². The highest BCUT2D eigenvalue weighted by Crippen LogP contribution is 2.30. The average Bonchev–Trinajstić information content (AvgIpc) is 2.56. The summed E-state index contributed by atoms with van der Waals surface area (Å²) >= 11 is 0. The quantitative estimate of drug-likeness (QED) is 0.777. The molecule has 0 aliphatic heterocycles. The van der Waals surface area contributed by atoms with Crippen LogP contribution in [0.3, 0.4) is 0 Å². The standard InChI is InChI=1S/C17H16O4S2/c1-3-17(23(20,21)16-12-8-5-9-13-16)14(2)22(18,19)15-10-6-4-7-11-15/h3-13H,2H2,1H3/b17-3+. The van der Waals surface area contributed by atoms with Gasteiger partial charge < -0.3 is 0 Å². The molecule has 0 heterocycles. The third-order valence-corrected chi connectivity index (χ3v) is 7.10. The third-order valence-electron chi connectivity index (χ3n) is 3.26. The van der Waals surface area contributed by atoms with Crippen LogP contribution in [0.5, 0.6) is 0 Å². The molecular formula is C17H16O4S2. The van der Waals surface area contributed by atoms with Gasteiger partial charge in [-0.2, -0.15) is 0 Å². The van der Waals surface area contributed by atoms with Crippen molar-refractivity contribution in [2.24, 2.45) is 0 Å². The van der Waals surface area contributed by atoms with E-state index in [0.717, 1.165) is 0 Å². The molecule has 2 rings (SSSR count). The Morgan fingerprint density at radius 1 is 0.783 bits per heavy atom. The monoisotopic (exact) mass is 348 g/mol. The Morgan fingerprint density at radius 2 is 1.17 bits per heavy atom. The maximum Gasteiger partial charge on any atom is 0.207 e. The summed E-state index contributed by atoms with van der Waals surface area (Å²) in [5, 5.41) is 0. The molecule has 0 fully saturated rings. The van der Waals surface area contributed by atoms with Gasteiger partial charge in [-0.05, 0) is 31.2 Å². The van der Waals surface area contributed by atoms with Crippen molar-refractivity contribution in [3.63, 3.8) is 0 Å². The van der Waals surface area contributed by atoms with E-state index in [9.17, 15) is 16.8 Å². The zero-order valence-electron chi connectivity index (χ0n) is 12.5. The van der Waals surface area contributed by atoms with E-state index >= 15 is 0 Å². The van der Waals surface area contributed by atoms with Crippen molar-refractivity contribution in [3.8, 4) is 0 Å². The lowest BCUT2D eigenvalue weighted by molar-refractivity contribution is 0.596. The van der Waals surface area contributed by atoms with Crippen molar-refractivity contribution in [1.29, 1.82) is 0 Å². The van der Waals surface area contributed by atoms with Crippen LogP contribution in [-0.4, -0.2) is 16.8 Å². The lowest BCUT2D eigenvalue weighted by Gasteiger charge is -2.12. The van der Waals surface area contributed by atoms with Crippen molar-refractivity contribution < 1.29 is 16.8 Å². The molecule has 0 aliphatic carbocycles. The van der Waals surface area contributed by atoms with Gasteiger partial charge in [0.1, 0.15) is 0 Å². The summed E-state index contributed by atoms with van der Waals surface area (Å²) < 4.78 is 50.6. The summed E-state index contributed by atoms with van der Waals surface area (Å²) in [6, 6.07) is 15.3. The summed E-state index contributed by atoms with van der Waals surface area (Å²) in [6.45, 7) is 5.00. The molecule has 0 aromatic heterocycles. The van der Waals surface area contributed by atoms with Crippen LogP contribution in [0.2, 0.25) is 0 Å². The van der Waals surface area contributed by atoms with E-state index in [1.165, 1.54) is 37.3 Å². The van der Waals surface area contributed by atoms with Crippen molar-refractivity contribution in [2.75, 3.05) is 0 Å². The number of benzene rings is 2. The highest BCUT2D eigenvalue weighted by molar-refractivity contribution is 8.00. The van der Waals surface area contributed by atoms with Crippen LogP contribution in [0.1, 0.15) is 6.92 Å². The van der Waals surface area contributed by atoms with Crippen molar-refractivity contribution >= 4 is 19.7 Å². The normalized spacial score (nSPS) is 12.8. The second-order valence-corrected chi connectivity index (χ2v) is 8.60. The van der Waals surface area contributed by atoms with Gasteiger partial charge >= 0.3 is 0 Å². The van der Waals surface area contributed by atoms with Crippen molar-refractivity contribution in [2.45, 2.75) is 16.7 Å². The topological polar surface area (TPSA) is 68.3 Å². The first-order valence-corrected chi connectivity index (χ1v) is 9.74. The van der Waals surface area contributed by atoms with E-state index in [2.05, 4.69) is 6.58 Å². The summed E-state index contributed by atoms with van der Waals surface area (Å²) in [6.07, 6.45) is 1.26. The van der Waals surface area contributed by atoms with Gasteiger partial charge in [-0.25, -0.2) is 16.8 Å². The molecule has 0 aliphatic rings. The second-order valence-electron chi connectivity index (χ2n) is 4.71. The Labute approximate surface area is 136 Å². The SMILES string of the molecule is C=C(/C(=C\C)S(=O)(=O)c1ccccc1)S(=O)(=O)c1ccccc1. The van der Waals surface area contributed by atoms with Crippen LogP contribution in [0.15, 0.2) is 92.9 Å². The summed E-state index contributed by atoms with van der Waals surface area (Å²) in [7, 11) is -7.94. The number of allylic oxidation sites excluding steroid dienone is 1. The molecule has 0 unspecified atom stereocenters. The molecule has 0 saturated heterocycles. The van der Waals surface area contributed by atoms with E-state index in [1.54, 1.807) is 36.4 Å². The molecule has 0 saturated carbocycles. The van der Waals surface area contributed by atoms with Crippen LogP contribution < -0.4 is 0 Å². The molecule has 23 heavy (non-hydrogen) atoms.